The van der Waals surface area contributed by atoms with Crippen LogP contribution in [-0.2, 0) is 26.2 Å². The Morgan fingerprint density at radius 3 is 1.57 bits per heavy atom. The number of hydrogen-bond acceptors (Lipinski definition) is 4. The fraction of sp³-hybridized carbons (Fsp3) is 0.188. The standard InChI is InChI=1S/C32H31NO4/c1-36-28-20-18-24(19-21-28)22-29(31(35)37-2)33-30(34)23-32(25-12-6-3-7-13-25,26-14-8-4-9-15-26)27-16-10-5-11-17-27/h3-21,29H,22-23H2,1-2H3,(H,33,34)/t29-/m0/s1. The molecule has 0 fully saturated rings. The highest BCUT2D eigenvalue weighted by molar-refractivity contribution is 5.86. The molecule has 0 spiro atoms. The number of ether oxygens (including phenoxy) is 2. The number of esters is 1. The molecule has 0 heterocycles. The summed E-state index contributed by atoms with van der Waals surface area (Å²) in [5, 5.41) is 2.96. The maximum absolute atomic E-state index is 13.8. The summed E-state index contributed by atoms with van der Waals surface area (Å²) in [6.07, 6.45) is 0.415. The summed E-state index contributed by atoms with van der Waals surface area (Å²) in [4.78, 5) is 26.5. The number of carbonyl (C=O) groups is 2. The third-order valence-electron chi connectivity index (χ3n) is 6.65. The van der Waals surface area contributed by atoms with E-state index in [1.54, 1.807) is 7.11 Å². The summed E-state index contributed by atoms with van der Waals surface area (Å²) >= 11 is 0. The smallest absolute Gasteiger partial charge is 0.328 e. The van der Waals surface area contributed by atoms with Crippen molar-refractivity contribution in [2.75, 3.05) is 14.2 Å². The summed E-state index contributed by atoms with van der Waals surface area (Å²) in [6, 6.07) is 36.6. The predicted molar refractivity (Wildman–Crippen MR) is 144 cm³/mol. The van der Waals surface area contributed by atoms with E-state index in [4.69, 9.17) is 9.47 Å². The lowest BCUT2D eigenvalue weighted by atomic mass is 9.67. The van der Waals surface area contributed by atoms with E-state index in [0.29, 0.717) is 6.42 Å². The molecule has 1 N–H and O–H groups in total. The molecule has 1 amide bonds. The van der Waals surface area contributed by atoms with Crippen molar-refractivity contribution in [3.8, 4) is 5.75 Å². The predicted octanol–water partition coefficient (Wildman–Crippen LogP) is 5.32. The average molecular weight is 494 g/mol. The van der Waals surface area contributed by atoms with E-state index in [0.717, 1.165) is 28.0 Å². The summed E-state index contributed by atoms with van der Waals surface area (Å²) in [6.45, 7) is 0. The van der Waals surface area contributed by atoms with Crippen molar-refractivity contribution in [1.82, 2.24) is 5.32 Å². The highest BCUT2D eigenvalue weighted by atomic mass is 16.5. The molecule has 4 rings (SSSR count). The minimum atomic E-state index is -0.828. The van der Waals surface area contributed by atoms with Crippen molar-refractivity contribution >= 4 is 11.9 Å². The Balaban J connectivity index is 1.71. The highest BCUT2D eigenvalue weighted by Crippen LogP contribution is 2.42. The van der Waals surface area contributed by atoms with Crippen LogP contribution in [-0.4, -0.2) is 32.1 Å². The second kappa shape index (κ2) is 12.0. The molecule has 37 heavy (non-hydrogen) atoms. The summed E-state index contributed by atoms with van der Waals surface area (Å²) in [7, 11) is 2.93. The van der Waals surface area contributed by atoms with Crippen molar-refractivity contribution in [2.45, 2.75) is 24.3 Å². The van der Waals surface area contributed by atoms with E-state index < -0.39 is 17.4 Å². The number of benzene rings is 4. The molecular weight excluding hydrogens is 462 g/mol. The van der Waals surface area contributed by atoms with Gasteiger partial charge in [0.15, 0.2) is 0 Å². The van der Waals surface area contributed by atoms with Crippen molar-refractivity contribution in [1.29, 1.82) is 0 Å². The number of nitrogens with one attached hydrogen (secondary N) is 1. The van der Waals surface area contributed by atoms with E-state index in [1.165, 1.54) is 7.11 Å². The fourth-order valence-corrected chi connectivity index (χ4v) is 4.79. The normalized spacial score (nSPS) is 11.8. The Morgan fingerprint density at radius 2 is 1.16 bits per heavy atom. The van der Waals surface area contributed by atoms with Crippen molar-refractivity contribution in [3.05, 3.63) is 138 Å². The van der Waals surface area contributed by atoms with E-state index >= 15 is 0 Å². The number of methoxy groups -OCH3 is 2. The second-order valence-electron chi connectivity index (χ2n) is 8.88. The number of amides is 1. The Labute approximate surface area is 218 Å². The van der Waals surface area contributed by atoms with Crippen LogP contribution < -0.4 is 10.1 Å². The molecule has 0 aliphatic carbocycles. The largest absolute Gasteiger partial charge is 0.497 e. The van der Waals surface area contributed by atoms with Gasteiger partial charge in [-0.05, 0) is 34.4 Å². The van der Waals surface area contributed by atoms with Gasteiger partial charge in [0, 0.05) is 12.8 Å². The molecule has 1 atom stereocenters. The van der Waals surface area contributed by atoms with Crippen LogP contribution in [0, 0.1) is 0 Å². The average Bonchev–Trinajstić information content (AvgIpc) is 2.97. The molecule has 4 aromatic carbocycles. The number of hydrogen-bond donors (Lipinski definition) is 1. The van der Waals surface area contributed by atoms with E-state index in [-0.39, 0.29) is 12.3 Å². The molecule has 5 heteroatoms. The molecule has 0 aliphatic rings. The molecule has 0 aliphatic heterocycles. The van der Waals surface area contributed by atoms with Crippen LogP contribution in [0.5, 0.6) is 5.75 Å². The first-order chi connectivity index (χ1) is 18.1. The number of rotatable bonds is 10. The maximum atomic E-state index is 13.8. The second-order valence-corrected chi connectivity index (χ2v) is 8.88. The van der Waals surface area contributed by atoms with Crippen LogP contribution in [0.1, 0.15) is 28.7 Å². The van der Waals surface area contributed by atoms with E-state index in [9.17, 15) is 9.59 Å². The molecule has 0 radical (unpaired) electrons. The molecular formula is C32H31NO4. The van der Waals surface area contributed by atoms with Crippen LogP contribution in [0.15, 0.2) is 115 Å². The lowest BCUT2D eigenvalue weighted by Gasteiger charge is -2.36. The third kappa shape index (κ3) is 5.89. The monoisotopic (exact) mass is 493 g/mol. The number of carbonyl (C=O) groups excluding carboxylic acids is 2. The van der Waals surface area contributed by atoms with Crippen LogP contribution >= 0.6 is 0 Å². The summed E-state index contributed by atoms with van der Waals surface area (Å²) in [5.74, 6) is -0.0184. The van der Waals surface area contributed by atoms with Gasteiger partial charge in [0.25, 0.3) is 0 Å². The van der Waals surface area contributed by atoms with E-state index in [2.05, 4.69) is 5.32 Å². The Kier molecular flexibility index (Phi) is 8.37. The first-order valence-corrected chi connectivity index (χ1v) is 12.2. The van der Waals surface area contributed by atoms with Gasteiger partial charge in [0.2, 0.25) is 5.91 Å². The summed E-state index contributed by atoms with van der Waals surface area (Å²) in [5.41, 5.74) is 3.11. The van der Waals surface area contributed by atoms with Gasteiger partial charge >= 0.3 is 5.97 Å². The molecule has 188 valence electrons. The lowest BCUT2D eigenvalue weighted by Crippen LogP contribution is -2.46. The molecule has 0 saturated carbocycles. The molecule has 0 unspecified atom stereocenters. The Hall–Kier alpha value is -4.38. The zero-order chi connectivity index (χ0) is 26.1. The molecule has 0 bridgehead atoms. The minimum absolute atomic E-state index is 0.112. The van der Waals surface area contributed by atoms with Gasteiger partial charge in [-0.25, -0.2) is 4.79 Å². The Bertz CT molecular complexity index is 1190. The van der Waals surface area contributed by atoms with Crippen LogP contribution in [0.4, 0.5) is 0 Å². The zero-order valence-electron chi connectivity index (χ0n) is 21.1. The van der Waals surface area contributed by atoms with Crippen LogP contribution in [0.3, 0.4) is 0 Å². The zero-order valence-corrected chi connectivity index (χ0v) is 21.1. The first-order valence-electron chi connectivity index (χ1n) is 12.2. The quantitative estimate of drug-likeness (QED) is 0.240. The van der Waals surface area contributed by atoms with Gasteiger partial charge in [-0.1, -0.05) is 103 Å². The fourth-order valence-electron chi connectivity index (χ4n) is 4.79. The summed E-state index contributed by atoms with van der Waals surface area (Å²) < 4.78 is 10.3. The topological polar surface area (TPSA) is 64.6 Å². The van der Waals surface area contributed by atoms with Crippen LogP contribution in [0.2, 0.25) is 0 Å². The van der Waals surface area contributed by atoms with Gasteiger partial charge in [-0.2, -0.15) is 0 Å². The van der Waals surface area contributed by atoms with E-state index in [1.807, 2.05) is 115 Å². The first kappa shape index (κ1) is 25.7. The minimum Gasteiger partial charge on any atom is -0.497 e. The third-order valence-corrected chi connectivity index (χ3v) is 6.65. The van der Waals surface area contributed by atoms with Gasteiger partial charge in [0.1, 0.15) is 11.8 Å². The molecule has 0 saturated heterocycles. The van der Waals surface area contributed by atoms with Crippen molar-refractivity contribution in [2.24, 2.45) is 0 Å². The van der Waals surface area contributed by atoms with Crippen molar-refractivity contribution < 1.29 is 19.1 Å². The van der Waals surface area contributed by atoms with Gasteiger partial charge < -0.3 is 14.8 Å². The van der Waals surface area contributed by atoms with Gasteiger partial charge in [0.05, 0.1) is 19.6 Å². The molecule has 0 aromatic heterocycles. The SMILES string of the molecule is COC(=O)[C@H](Cc1ccc(OC)cc1)NC(=O)CC(c1ccccc1)(c1ccccc1)c1ccccc1. The molecule has 5 nitrogen and oxygen atoms in total. The maximum Gasteiger partial charge on any atom is 0.328 e. The molecule has 4 aromatic rings. The highest BCUT2D eigenvalue weighted by Gasteiger charge is 2.39. The van der Waals surface area contributed by atoms with Gasteiger partial charge in [-0.3, -0.25) is 4.79 Å². The van der Waals surface area contributed by atoms with Crippen LogP contribution in [0.25, 0.3) is 0 Å². The lowest BCUT2D eigenvalue weighted by molar-refractivity contribution is -0.145. The van der Waals surface area contributed by atoms with Crippen molar-refractivity contribution in [3.63, 3.8) is 0 Å². The Morgan fingerprint density at radius 1 is 0.703 bits per heavy atom. The van der Waals surface area contributed by atoms with Gasteiger partial charge in [-0.15, -0.1) is 0 Å².